The summed E-state index contributed by atoms with van der Waals surface area (Å²) in [6, 6.07) is 7.61. The first-order valence-corrected chi connectivity index (χ1v) is 6.31. The van der Waals surface area contributed by atoms with Gasteiger partial charge in [-0.2, -0.15) is 0 Å². The van der Waals surface area contributed by atoms with Gasteiger partial charge in [0.25, 0.3) is 0 Å². The zero-order valence-corrected chi connectivity index (χ0v) is 11.0. The Bertz CT molecular complexity index is 358. The fourth-order valence-corrected chi connectivity index (χ4v) is 1.60. The highest BCUT2D eigenvalue weighted by molar-refractivity contribution is 5.78. The quantitative estimate of drug-likeness (QED) is 0.775. The third-order valence-electron chi connectivity index (χ3n) is 2.79. The maximum absolute atomic E-state index is 11.7. The Hall–Kier alpha value is -1.55. The summed E-state index contributed by atoms with van der Waals surface area (Å²) in [6.45, 7) is 4.84. The predicted molar refractivity (Wildman–Crippen MR) is 70.3 cm³/mol. The molecule has 0 heterocycles. The Labute approximate surface area is 108 Å². The number of ether oxygens (including phenoxy) is 1. The van der Waals surface area contributed by atoms with Crippen LogP contribution in [0.4, 0.5) is 0 Å². The number of aliphatic hydroxyl groups excluding tert-OH is 1. The SMILES string of the molecule is CCOc1ccc(CNC(=O)C(CC)CO)cc1. The van der Waals surface area contributed by atoms with Gasteiger partial charge in [-0.3, -0.25) is 4.79 Å². The van der Waals surface area contributed by atoms with Gasteiger partial charge in [0, 0.05) is 6.54 Å². The Balaban J connectivity index is 2.45. The van der Waals surface area contributed by atoms with E-state index in [0.29, 0.717) is 19.6 Å². The molecule has 0 radical (unpaired) electrons. The topological polar surface area (TPSA) is 58.6 Å². The average Bonchev–Trinajstić information content (AvgIpc) is 2.40. The molecule has 0 aliphatic rings. The summed E-state index contributed by atoms with van der Waals surface area (Å²) in [5.74, 6) is 0.413. The van der Waals surface area contributed by atoms with Crippen molar-refractivity contribution in [1.82, 2.24) is 5.32 Å². The van der Waals surface area contributed by atoms with Gasteiger partial charge in [0.2, 0.25) is 5.91 Å². The van der Waals surface area contributed by atoms with Crippen LogP contribution in [0.15, 0.2) is 24.3 Å². The highest BCUT2D eigenvalue weighted by Crippen LogP contribution is 2.12. The molecular formula is C14H21NO3. The molecule has 1 rings (SSSR count). The molecule has 0 aromatic heterocycles. The van der Waals surface area contributed by atoms with Crippen molar-refractivity contribution in [3.63, 3.8) is 0 Å². The van der Waals surface area contributed by atoms with E-state index < -0.39 is 0 Å². The summed E-state index contributed by atoms with van der Waals surface area (Å²) in [7, 11) is 0. The van der Waals surface area contributed by atoms with Crippen LogP contribution in [0.2, 0.25) is 0 Å². The first-order valence-electron chi connectivity index (χ1n) is 6.31. The van der Waals surface area contributed by atoms with Gasteiger partial charge in [-0.25, -0.2) is 0 Å². The number of hydrogen-bond acceptors (Lipinski definition) is 3. The lowest BCUT2D eigenvalue weighted by Gasteiger charge is -2.12. The fraction of sp³-hybridized carbons (Fsp3) is 0.500. The molecule has 0 saturated carbocycles. The molecule has 0 bridgehead atoms. The summed E-state index contributed by atoms with van der Waals surface area (Å²) >= 11 is 0. The van der Waals surface area contributed by atoms with Crippen LogP contribution in [0, 0.1) is 5.92 Å². The van der Waals surface area contributed by atoms with Crippen molar-refractivity contribution in [2.45, 2.75) is 26.8 Å². The van der Waals surface area contributed by atoms with Gasteiger partial charge in [0.15, 0.2) is 0 Å². The molecule has 1 aromatic rings. The molecule has 1 aromatic carbocycles. The second kappa shape index (κ2) is 7.71. The lowest BCUT2D eigenvalue weighted by atomic mass is 10.1. The van der Waals surface area contributed by atoms with Crippen LogP contribution in [0.3, 0.4) is 0 Å². The normalized spacial score (nSPS) is 11.9. The van der Waals surface area contributed by atoms with Crippen LogP contribution < -0.4 is 10.1 Å². The van der Waals surface area contributed by atoms with Crippen molar-refractivity contribution in [2.24, 2.45) is 5.92 Å². The molecule has 4 nitrogen and oxygen atoms in total. The Morgan fingerprint density at radius 1 is 1.33 bits per heavy atom. The summed E-state index contributed by atoms with van der Waals surface area (Å²) in [5, 5.41) is 11.8. The Morgan fingerprint density at radius 3 is 2.50 bits per heavy atom. The smallest absolute Gasteiger partial charge is 0.225 e. The molecule has 0 fully saturated rings. The third-order valence-corrected chi connectivity index (χ3v) is 2.79. The van der Waals surface area contributed by atoms with E-state index in [4.69, 9.17) is 9.84 Å². The molecule has 18 heavy (non-hydrogen) atoms. The van der Waals surface area contributed by atoms with Crippen LogP contribution in [0.25, 0.3) is 0 Å². The van der Waals surface area contributed by atoms with Crippen LogP contribution in [-0.4, -0.2) is 24.2 Å². The summed E-state index contributed by atoms with van der Waals surface area (Å²) in [5.41, 5.74) is 1.01. The third kappa shape index (κ3) is 4.37. The highest BCUT2D eigenvalue weighted by atomic mass is 16.5. The van der Waals surface area contributed by atoms with Crippen molar-refractivity contribution in [2.75, 3.05) is 13.2 Å². The fourth-order valence-electron chi connectivity index (χ4n) is 1.60. The predicted octanol–water partition coefficient (Wildman–Crippen LogP) is 1.72. The van der Waals surface area contributed by atoms with E-state index in [2.05, 4.69) is 5.32 Å². The molecule has 4 heteroatoms. The molecule has 0 spiro atoms. The van der Waals surface area contributed by atoms with Gasteiger partial charge >= 0.3 is 0 Å². The molecule has 0 aliphatic carbocycles. The number of aliphatic hydroxyl groups is 1. The number of amides is 1. The average molecular weight is 251 g/mol. The lowest BCUT2D eigenvalue weighted by molar-refractivity contribution is -0.126. The maximum Gasteiger partial charge on any atom is 0.225 e. The lowest BCUT2D eigenvalue weighted by Crippen LogP contribution is -2.31. The second-order valence-corrected chi connectivity index (χ2v) is 4.08. The van der Waals surface area contributed by atoms with Crippen molar-refractivity contribution < 1.29 is 14.6 Å². The minimum Gasteiger partial charge on any atom is -0.494 e. The van der Waals surface area contributed by atoms with E-state index in [-0.39, 0.29) is 18.4 Å². The van der Waals surface area contributed by atoms with Crippen molar-refractivity contribution in [3.8, 4) is 5.75 Å². The van der Waals surface area contributed by atoms with E-state index in [0.717, 1.165) is 11.3 Å². The van der Waals surface area contributed by atoms with Crippen LogP contribution in [0.1, 0.15) is 25.8 Å². The van der Waals surface area contributed by atoms with Gasteiger partial charge in [-0.1, -0.05) is 19.1 Å². The number of benzene rings is 1. The Morgan fingerprint density at radius 2 is 2.00 bits per heavy atom. The maximum atomic E-state index is 11.7. The van der Waals surface area contributed by atoms with E-state index in [1.807, 2.05) is 38.1 Å². The summed E-state index contributed by atoms with van der Waals surface area (Å²) < 4.78 is 5.34. The monoisotopic (exact) mass is 251 g/mol. The number of nitrogens with one attached hydrogen (secondary N) is 1. The molecular weight excluding hydrogens is 230 g/mol. The van der Waals surface area contributed by atoms with Crippen LogP contribution >= 0.6 is 0 Å². The highest BCUT2D eigenvalue weighted by Gasteiger charge is 2.14. The van der Waals surface area contributed by atoms with Gasteiger partial charge in [0.1, 0.15) is 5.75 Å². The number of carbonyl (C=O) groups excluding carboxylic acids is 1. The zero-order valence-electron chi connectivity index (χ0n) is 11.0. The van der Waals surface area contributed by atoms with Gasteiger partial charge in [-0.15, -0.1) is 0 Å². The number of hydrogen-bond donors (Lipinski definition) is 2. The van der Waals surface area contributed by atoms with Crippen LogP contribution in [-0.2, 0) is 11.3 Å². The molecule has 1 amide bonds. The molecule has 0 saturated heterocycles. The molecule has 0 aliphatic heterocycles. The second-order valence-electron chi connectivity index (χ2n) is 4.08. The number of rotatable bonds is 7. The Kier molecular flexibility index (Phi) is 6.22. The first kappa shape index (κ1) is 14.5. The summed E-state index contributed by atoms with van der Waals surface area (Å²) in [6.07, 6.45) is 0.644. The molecule has 1 unspecified atom stereocenters. The van der Waals surface area contributed by atoms with Crippen LogP contribution in [0.5, 0.6) is 5.75 Å². The van der Waals surface area contributed by atoms with E-state index in [9.17, 15) is 4.79 Å². The van der Waals surface area contributed by atoms with Gasteiger partial charge in [0.05, 0.1) is 19.1 Å². The first-order chi connectivity index (χ1) is 8.71. The van der Waals surface area contributed by atoms with E-state index in [1.165, 1.54) is 0 Å². The zero-order chi connectivity index (χ0) is 13.4. The molecule has 2 N–H and O–H groups in total. The molecule has 1 atom stereocenters. The standard InChI is InChI=1S/C14H21NO3/c1-3-12(10-16)14(17)15-9-11-5-7-13(8-6-11)18-4-2/h5-8,12,16H,3-4,9-10H2,1-2H3,(H,15,17). The van der Waals surface area contributed by atoms with E-state index >= 15 is 0 Å². The van der Waals surface area contributed by atoms with Gasteiger partial charge in [-0.05, 0) is 31.0 Å². The number of carbonyl (C=O) groups is 1. The minimum atomic E-state index is -0.312. The summed E-state index contributed by atoms with van der Waals surface area (Å²) in [4.78, 5) is 11.7. The van der Waals surface area contributed by atoms with Gasteiger partial charge < -0.3 is 15.2 Å². The molecule has 100 valence electrons. The minimum absolute atomic E-state index is 0.103. The van der Waals surface area contributed by atoms with Crippen molar-refractivity contribution >= 4 is 5.91 Å². The van der Waals surface area contributed by atoms with Crippen molar-refractivity contribution in [1.29, 1.82) is 0 Å². The van der Waals surface area contributed by atoms with E-state index in [1.54, 1.807) is 0 Å². The van der Waals surface area contributed by atoms with Crippen molar-refractivity contribution in [3.05, 3.63) is 29.8 Å². The largest absolute Gasteiger partial charge is 0.494 e.